The van der Waals surface area contributed by atoms with Crippen molar-refractivity contribution in [1.29, 1.82) is 0 Å². The predicted molar refractivity (Wildman–Crippen MR) is 113 cm³/mol. The number of nitrogens with two attached hydrogens (primary N) is 1. The molecule has 0 radical (unpaired) electrons. The third-order valence-corrected chi connectivity index (χ3v) is 5.86. The number of hydrogen-bond acceptors (Lipinski definition) is 8. The van der Waals surface area contributed by atoms with E-state index in [1.807, 2.05) is 18.7 Å². The van der Waals surface area contributed by atoms with Gasteiger partial charge in [-0.2, -0.15) is 4.98 Å². The summed E-state index contributed by atoms with van der Waals surface area (Å²) in [4.78, 5) is 27.7. The minimum absolute atomic E-state index is 0.0414. The zero-order valence-corrected chi connectivity index (χ0v) is 18.0. The van der Waals surface area contributed by atoms with Crippen LogP contribution in [0.5, 0.6) is 5.75 Å². The molecule has 4 rings (SSSR count). The van der Waals surface area contributed by atoms with Crippen LogP contribution in [0, 0.1) is 13.8 Å². The summed E-state index contributed by atoms with van der Waals surface area (Å²) in [7, 11) is 1.65. The number of pyridine rings is 1. The summed E-state index contributed by atoms with van der Waals surface area (Å²) in [6.07, 6.45) is 2.09. The Labute approximate surface area is 179 Å². The quantitative estimate of drug-likeness (QED) is 0.663. The van der Waals surface area contributed by atoms with Crippen molar-refractivity contribution in [3.63, 3.8) is 0 Å². The van der Waals surface area contributed by atoms with Gasteiger partial charge in [-0.05, 0) is 13.8 Å². The second kappa shape index (κ2) is 8.23. The number of ether oxygens (including phenoxy) is 2. The Morgan fingerprint density at radius 2 is 2.17 bits per heavy atom. The van der Waals surface area contributed by atoms with Crippen LogP contribution in [0.4, 0.5) is 11.8 Å². The van der Waals surface area contributed by atoms with E-state index in [1.54, 1.807) is 13.3 Å². The first kappa shape index (κ1) is 20.6. The Kier molecular flexibility index (Phi) is 5.66. The number of amides is 1. The summed E-state index contributed by atoms with van der Waals surface area (Å²) in [5, 5.41) is 3.27. The summed E-state index contributed by atoms with van der Waals surface area (Å²) < 4.78 is 10.6. The highest BCUT2D eigenvalue weighted by Crippen LogP contribution is 2.42. The number of anilines is 2. The van der Waals surface area contributed by atoms with Gasteiger partial charge in [-0.25, -0.2) is 4.98 Å². The molecule has 1 fully saturated rings. The van der Waals surface area contributed by atoms with Crippen LogP contribution in [-0.4, -0.2) is 53.8 Å². The molecular weight excluding hydrogens is 408 g/mol. The summed E-state index contributed by atoms with van der Waals surface area (Å²) in [6.45, 7) is 6.12. The van der Waals surface area contributed by atoms with Crippen molar-refractivity contribution in [2.24, 2.45) is 0 Å². The molecule has 1 amide bonds. The molecule has 10 heteroatoms. The van der Waals surface area contributed by atoms with E-state index in [2.05, 4.69) is 20.3 Å². The van der Waals surface area contributed by atoms with E-state index in [0.717, 1.165) is 28.1 Å². The highest BCUT2D eigenvalue weighted by atomic mass is 35.5. The fourth-order valence-corrected chi connectivity index (χ4v) is 4.35. The molecule has 9 nitrogen and oxygen atoms in total. The van der Waals surface area contributed by atoms with E-state index in [1.165, 1.54) is 0 Å². The Morgan fingerprint density at radius 1 is 1.40 bits per heavy atom. The van der Waals surface area contributed by atoms with Crippen LogP contribution in [0.2, 0.25) is 5.15 Å². The smallest absolute Gasteiger partial charge is 0.223 e. The van der Waals surface area contributed by atoms with E-state index < -0.39 is 0 Å². The lowest BCUT2D eigenvalue weighted by molar-refractivity contribution is -0.125. The summed E-state index contributed by atoms with van der Waals surface area (Å²) in [5.74, 6) is 1.39. The fraction of sp³-hybridized carbons (Fsp3) is 0.500. The fourth-order valence-electron chi connectivity index (χ4n) is 4.03. The monoisotopic (exact) mass is 432 g/mol. The number of carbonyl (C=O) groups is 1. The van der Waals surface area contributed by atoms with Gasteiger partial charge in [0.15, 0.2) is 0 Å². The highest BCUT2D eigenvalue weighted by molar-refractivity contribution is 6.30. The number of nitrogens with zero attached hydrogens (tertiary/aromatic N) is 4. The number of methoxy groups -OCH3 is 1. The molecule has 0 unspecified atom stereocenters. The number of aryl methyl sites for hydroxylation is 1. The zero-order valence-electron chi connectivity index (χ0n) is 17.2. The number of rotatable bonds is 6. The second-order valence-corrected chi connectivity index (χ2v) is 8.10. The minimum Gasteiger partial charge on any atom is -0.496 e. The van der Waals surface area contributed by atoms with Crippen LogP contribution in [0.3, 0.4) is 0 Å². The van der Waals surface area contributed by atoms with E-state index in [-0.39, 0.29) is 35.4 Å². The van der Waals surface area contributed by atoms with Crippen LogP contribution in [0.15, 0.2) is 6.20 Å². The first-order valence-electron chi connectivity index (χ1n) is 9.81. The molecule has 2 aliphatic rings. The first-order valence-corrected chi connectivity index (χ1v) is 10.2. The van der Waals surface area contributed by atoms with E-state index in [4.69, 9.17) is 26.8 Å². The third-order valence-electron chi connectivity index (χ3n) is 5.57. The Balaban J connectivity index is 1.60. The van der Waals surface area contributed by atoms with E-state index in [9.17, 15) is 4.79 Å². The van der Waals surface area contributed by atoms with Gasteiger partial charge < -0.3 is 25.4 Å². The van der Waals surface area contributed by atoms with Crippen molar-refractivity contribution in [1.82, 2.24) is 20.3 Å². The first-order chi connectivity index (χ1) is 14.4. The van der Waals surface area contributed by atoms with E-state index >= 15 is 0 Å². The average Bonchev–Trinajstić information content (AvgIpc) is 2.98. The largest absolute Gasteiger partial charge is 0.496 e. The molecule has 1 saturated heterocycles. The number of nitrogens with one attached hydrogen (secondary N) is 1. The van der Waals surface area contributed by atoms with Crippen LogP contribution < -0.4 is 20.7 Å². The molecular formula is C20H25ClN6O3. The molecule has 3 N–H and O–H groups in total. The van der Waals surface area contributed by atoms with Gasteiger partial charge in [0.25, 0.3) is 0 Å². The van der Waals surface area contributed by atoms with Gasteiger partial charge in [-0.3, -0.25) is 9.78 Å². The van der Waals surface area contributed by atoms with Crippen LogP contribution in [-0.2, 0) is 16.1 Å². The molecule has 0 saturated carbocycles. The lowest BCUT2D eigenvalue weighted by Crippen LogP contribution is -2.48. The van der Waals surface area contributed by atoms with Crippen LogP contribution in [0.1, 0.15) is 34.7 Å². The molecule has 0 bridgehead atoms. The maximum atomic E-state index is 12.5. The number of hydrogen-bond donors (Lipinski definition) is 2. The Morgan fingerprint density at radius 3 is 2.83 bits per heavy atom. The number of fused-ring (bicyclic) bond motifs is 1. The predicted octanol–water partition coefficient (Wildman–Crippen LogP) is 1.74. The molecule has 4 heterocycles. The topological polar surface area (TPSA) is 115 Å². The second-order valence-electron chi connectivity index (χ2n) is 7.74. The van der Waals surface area contributed by atoms with Crippen LogP contribution in [0.25, 0.3) is 0 Å². The average molecular weight is 433 g/mol. The normalized spacial score (nSPS) is 18.1. The van der Waals surface area contributed by atoms with Gasteiger partial charge in [0.1, 0.15) is 16.7 Å². The van der Waals surface area contributed by atoms with Gasteiger partial charge in [-0.1, -0.05) is 11.6 Å². The lowest BCUT2D eigenvalue weighted by Gasteiger charge is -2.27. The molecule has 2 aliphatic heterocycles. The number of nitrogen functional groups attached to an aromatic ring is 1. The van der Waals surface area contributed by atoms with Crippen molar-refractivity contribution in [2.45, 2.75) is 38.8 Å². The summed E-state index contributed by atoms with van der Waals surface area (Å²) in [5.41, 5.74) is 9.43. The van der Waals surface area contributed by atoms with Crippen molar-refractivity contribution >= 4 is 29.3 Å². The van der Waals surface area contributed by atoms with Gasteiger partial charge >= 0.3 is 0 Å². The van der Waals surface area contributed by atoms with Crippen molar-refractivity contribution in [3.8, 4) is 5.75 Å². The SMILES string of the molecule is COc1c(C)cnc(CN2C[C@H](CC(=O)NC3COC3)c3c(Cl)nc(N)nc32)c1C. The molecule has 0 spiro atoms. The number of halogens is 1. The van der Waals surface area contributed by atoms with Gasteiger partial charge in [0.2, 0.25) is 11.9 Å². The maximum Gasteiger partial charge on any atom is 0.223 e. The standard InChI is InChI=1S/C20H25ClN6O3/c1-10-5-23-14(11(2)17(10)29-3)7-27-6-12(4-15(28)24-13-8-30-9-13)16-18(21)25-20(22)26-19(16)27/h5,12-13H,4,6-9H2,1-3H3,(H,24,28)(H2,22,25,26)/t12-/m0/s1. The molecule has 2 aromatic rings. The van der Waals surface area contributed by atoms with Crippen molar-refractivity contribution < 1.29 is 14.3 Å². The molecule has 0 aliphatic carbocycles. The van der Waals surface area contributed by atoms with Crippen molar-refractivity contribution in [2.75, 3.05) is 37.5 Å². The minimum atomic E-state index is -0.137. The molecule has 1 atom stereocenters. The molecule has 30 heavy (non-hydrogen) atoms. The maximum absolute atomic E-state index is 12.5. The third kappa shape index (κ3) is 3.87. The molecule has 2 aromatic heterocycles. The van der Waals surface area contributed by atoms with Crippen LogP contribution >= 0.6 is 11.6 Å². The van der Waals surface area contributed by atoms with E-state index in [0.29, 0.717) is 32.1 Å². The molecule has 160 valence electrons. The van der Waals surface area contributed by atoms with Crippen molar-refractivity contribution in [3.05, 3.63) is 33.7 Å². The highest BCUT2D eigenvalue weighted by Gasteiger charge is 2.36. The lowest BCUT2D eigenvalue weighted by atomic mass is 10.00. The van der Waals surface area contributed by atoms with Gasteiger partial charge in [0, 0.05) is 41.8 Å². The van der Waals surface area contributed by atoms with Gasteiger partial charge in [0.05, 0.1) is 38.6 Å². The Bertz CT molecular complexity index is 981. The zero-order chi connectivity index (χ0) is 21.4. The number of aromatic nitrogens is 3. The number of carbonyl (C=O) groups excluding carboxylic acids is 1. The Hall–Kier alpha value is -2.65. The summed E-state index contributed by atoms with van der Waals surface area (Å²) in [6, 6.07) is 0.0829. The van der Waals surface area contributed by atoms with Gasteiger partial charge in [-0.15, -0.1) is 0 Å². The molecule has 0 aromatic carbocycles. The summed E-state index contributed by atoms with van der Waals surface area (Å²) >= 11 is 6.42.